The molecule has 126 valence electrons. The molecule has 0 aromatic heterocycles. The number of ether oxygens (including phenoxy) is 2. The summed E-state index contributed by atoms with van der Waals surface area (Å²) >= 11 is 0. The molecule has 0 unspecified atom stereocenters. The molecule has 2 aromatic rings. The first kappa shape index (κ1) is 15.6. The monoisotopic (exact) mass is 336 g/mol. The summed E-state index contributed by atoms with van der Waals surface area (Å²) in [5, 5.41) is 0. The van der Waals surface area contributed by atoms with Crippen molar-refractivity contribution in [3.05, 3.63) is 65.7 Å². The van der Waals surface area contributed by atoms with Crippen molar-refractivity contribution >= 4 is 17.7 Å². The van der Waals surface area contributed by atoms with Crippen LogP contribution in [0, 0.1) is 11.3 Å². The summed E-state index contributed by atoms with van der Waals surface area (Å²) < 4.78 is 10.5. The molecule has 0 saturated heterocycles. The zero-order chi connectivity index (χ0) is 17.6. The molecule has 0 bridgehead atoms. The fourth-order valence-electron chi connectivity index (χ4n) is 3.81. The Balaban J connectivity index is 1.83. The van der Waals surface area contributed by atoms with E-state index in [1.54, 1.807) is 61.5 Å². The highest BCUT2D eigenvalue weighted by Gasteiger charge is 2.81. The van der Waals surface area contributed by atoms with E-state index >= 15 is 0 Å². The summed E-state index contributed by atoms with van der Waals surface area (Å²) in [6.07, 6.45) is 0. The standard InChI is InChI=1S/C20H16O5/c1-2-24-18(22)20-15(13-10-6-7-11-14(13)25-19(20)23)16(20)17(21)12-8-4-3-5-9-12/h3-11,15-16H,2H2,1H3/t15-,16-,20+/m1/s1. The van der Waals surface area contributed by atoms with Crippen LogP contribution in [0.1, 0.15) is 28.8 Å². The number of hydrogen-bond acceptors (Lipinski definition) is 5. The zero-order valence-corrected chi connectivity index (χ0v) is 13.6. The molecule has 3 atom stereocenters. The number of para-hydroxylation sites is 1. The molecule has 0 spiro atoms. The van der Waals surface area contributed by atoms with E-state index in [0.717, 1.165) is 0 Å². The Morgan fingerprint density at radius 1 is 1.08 bits per heavy atom. The van der Waals surface area contributed by atoms with Crippen molar-refractivity contribution in [2.75, 3.05) is 6.61 Å². The molecule has 4 rings (SSSR count). The lowest BCUT2D eigenvalue weighted by molar-refractivity contribution is -0.161. The Hall–Kier alpha value is -2.95. The summed E-state index contributed by atoms with van der Waals surface area (Å²) in [6, 6.07) is 15.7. The van der Waals surface area contributed by atoms with Gasteiger partial charge in [0.25, 0.3) is 0 Å². The average molecular weight is 336 g/mol. The molecule has 0 radical (unpaired) electrons. The van der Waals surface area contributed by atoms with Crippen LogP contribution in [0.25, 0.3) is 0 Å². The van der Waals surface area contributed by atoms with Crippen LogP contribution < -0.4 is 4.74 Å². The normalized spacial score (nSPS) is 26.0. The highest BCUT2D eigenvalue weighted by atomic mass is 16.6. The third kappa shape index (κ3) is 2.05. The van der Waals surface area contributed by atoms with Crippen LogP contribution in [0.15, 0.2) is 54.6 Å². The number of ketones is 1. The number of carbonyl (C=O) groups excluding carboxylic acids is 3. The Bertz CT molecular complexity index is 873. The number of fused-ring (bicyclic) bond motifs is 3. The summed E-state index contributed by atoms with van der Waals surface area (Å²) in [6.45, 7) is 1.80. The van der Waals surface area contributed by atoms with Gasteiger partial charge in [-0.05, 0) is 13.0 Å². The Morgan fingerprint density at radius 2 is 1.76 bits per heavy atom. The minimum atomic E-state index is -1.57. The fraction of sp³-hybridized carbons (Fsp3) is 0.250. The molecule has 2 aromatic carbocycles. The lowest BCUT2D eigenvalue weighted by atomic mass is 9.95. The van der Waals surface area contributed by atoms with Crippen LogP contribution in [-0.4, -0.2) is 24.3 Å². The summed E-state index contributed by atoms with van der Waals surface area (Å²) in [4.78, 5) is 38.4. The molecule has 1 aliphatic carbocycles. The van der Waals surface area contributed by atoms with Gasteiger partial charge in [0.05, 0.1) is 12.5 Å². The van der Waals surface area contributed by atoms with Crippen LogP contribution in [0.2, 0.25) is 0 Å². The molecule has 1 aliphatic heterocycles. The van der Waals surface area contributed by atoms with E-state index in [-0.39, 0.29) is 12.4 Å². The number of esters is 2. The van der Waals surface area contributed by atoms with Crippen molar-refractivity contribution in [2.24, 2.45) is 11.3 Å². The second kappa shape index (κ2) is 5.55. The lowest BCUT2D eigenvalue weighted by Gasteiger charge is -2.21. The largest absolute Gasteiger partial charge is 0.465 e. The minimum Gasteiger partial charge on any atom is -0.465 e. The first-order valence-electron chi connectivity index (χ1n) is 8.20. The van der Waals surface area contributed by atoms with Crippen molar-refractivity contribution in [2.45, 2.75) is 12.8 Å². The molecular weight excluding hydrogens is 320 g/mol. The molecule has 0 N–H and O–H groups in total. The maximum Gasteiger partial charge on any atom is 0.330 e. The van der Waals surface area contributed by atoms with Gasteiger partial charge in [-0.2, -0.15) is 0 Å². The second-order valence-corrected chi connectivity index (χ2v) is 6.20. The molecule has 1 heterocycles. The van der Waals surface area contributed by atoms with Gasteiger partial charge < -0.3 is 9.47 Å². The van der Waals surface area contributed by atoms with Gasteiger partial charge in [0.15, 0.2) is 11.2 Å². The number of hydrogen-bond donors (Lipinski definition) is 0. The lowest BCUT2D eigenvalue weighted by Crippen LogP contribution is -2.37. The Kier molecular flexibility index (Phi) is 3.46. The molecule has 25 heavy (non-hydrogen) atoms. The van der Waals surface area contributed by atoms with Crippen LogP contribution in [0.3, 0.4) is 0 Å². The van der Waals surface area contributed by atoms with Gasteiger partial charge in [-0.15, -0.1) is 0 Å². The summed E-state index contributed by atoms with van der Waals surface area (Å²) in [7, 11) is 0. The van der Waals surface area contributed by atoms with E-state index < -0.39 is 29.2 Å². The van der Waals surface area contributed by atoms with E-state index in [2.05, 4.69) is 0 Å². The van der Waals surface area contributed by atoms with Gasteiger partial charge in [0.2, 0.25) is 0 Å². The Morgan fingerprint density at radius 3 is 2.48 bits per heavy atom. The number of rotatable bonds is 4. The zero-order valence-electron chi connectivity index (χ0n) is 13.6. The number of carbonyl (C=O) groups is 3. The van der Waals surface area contributed by atoms with Gasteiger partial charge in [0, 0.05) is 17.0 Å². The van der Waals surface area contributed by atoms with Gasteiger partial charge in [-0.1, -0.05) is 48.5 Å². The molecule has 5 heteroatoms. The SMILES string of the molecule is CCOC(=O)[C@]12C(=O)Oc3ccccc3[C@@H]1[C@@H]2C(=O)c1ccccc1. The fourth-order valence-corrected chi connectivity index (χ4v) is 3.81. The highest BCUT2D eigenvalue weighted by molar-refractivity contribution is 6.17. The van der Waals surface area contributed by atoms with Crippen LogP contribution >= 0.6 is 0 Å². The van der Waals surface area contributed by atoms with Gasteiger partial charge in [0.1, 0.15) is 5.75 Å². The van der Waals surface area contributed by atoms with Crippen molar-refractivity contribution < 1.29 is 23.9 Å². The third-order valence-electron chi connectivity index (χ3n) is 4.95. The van der Waals surface area contributed by atoms with Crippen molar-refractivity contribution in [1.82, 2.24) is 0 Å². The maximum absolute atomic E-state index is 13.0. The highest BCUT2D eigenvalue weighted by Crippen LogP contribution is 2.70. The average Bonchev–Trinajstić information content (AvgIpc) is 3.35. The first-order valence-corrected chi connectivity index (χ1v) is 8.20. The van der Waals surface area contributed by atoms with E-state index in [1.807, 2.05) is 0 Å². The van der Waals surface area contributed by atoms with E-state index in [9.17, 15) is 14.4 Å². The minimum absolute atomic E-state index is 0.133. The Labute approximate surface area is 144 Å². The predicted molar refractivity (Wildman–Crippen MR) is 88.1 cm³/mol. The van der Waals surface area contributed by atoms with Crippen LogP contribution in [0.4, 0.5) is 0 Å². The maximum atomic E-state index is 13.0. The van der Waals surface area contributed by atoms with E-state index in [0.29, 0.717) is 16.9 Å². The third-order valence-corrected chi connectivity index (χ3v) is 4.95. The van der Waals surface area contributed by atoms with Gasteiger partial charge in [-0.25, -0.2) is 0 Å². The molecule has 1 fully saturated rings. The van der Waals surface area contributed by atoms with Gasteiger partial charge >= 0.3 is 11.9 Å². The van der Waals surface area contributed by atoms with Crippen molar-refractivity contribution in [1.29, 1.82) is 0 Å². The van der Waals surface area contributed by atoms with Crippen LogP contribution in [0.5, 0.6) is 5.75 Å². The van der Waals surface area contributed by atoms with Crippen LogP contribution in [-0.2, 0) is 14.3 Å². The smallest absolute Gasteiger partial charge is 0.330 e. The molecule has 1 saturated carbocycles. The van der Waals surface area contributed by atoms with Crippen molar-refractivity contribution in [3.8, 4) is 5.75 Å². The second-order valence-electron chi connectivity index (χ2n) is 6.20. The number of Topliss-reactive ketones (excluding diaryl/α,β-unsaturated/α-hetero) is 1. The van der Waals surface area contributed by atoms with Crippen molar-refractivity contribution in [3.63, 3.8) is 0 Å². The first-order chi connectivity index (χ1) is 12.1. The topological polar surface area (TPSA) is 69.7 Å². The van der Waals surface area contributed by atoms with Gasteiger partial charge in [-0.3, -0.25) is 14.4 Å². The number of benzene rings is 2. The van der Waals surface area contributed by atoms with E-state index in [1.165, 1.54) is 0 Å². The molecule has 5 nitrogen and oxygen atoms in total. The molecular formula is C20H16O5. The molecule has 0 amide bonds. The molecule has 2 aliphatic rings. The van der Waals surface area contributed by atoms with E-state index in [4.69, 9.17) is 9.47 Å². The quantitative estimate of drug-likeness (QED) is 0.372. The summed E-state index contributed by atoms with van der Waals surface area (Å²) in [5.74, 6) is -2.58. The summed E-state index contributed by atoms with van der Waals surface area (Å²) in [5.41, 5.74) is -0.405. The predicted octanol–water partition coefficient (Wildman–Crippen LogP) is 2.75.